The number of amides is 2. The van der Waals surface area contributed by atoms with Crippen molar-refractivity contribution >= 4 is 23.5 Å². The minimum absolute atomic E-state index is 0.0199. The van der Waals surface area contributed by atoms with Gasteiger partial charge in [-0.15, -0.1) is 0 Å². The molecule has 1 saturated carbocycles. The van der Waals surface area contributed by atoms with Gasteiger partial charge in [-0.25, -0.2) is 0 Å². The number of carbonyl (C=O) groups excluding carboxylic acids is 2. The lowest BCUT2D eigenvalue weighted by Gasteiger charge is -2.32. The van der Waals surface area contributed by atoms with Crippen LogP contribution in [-0.2, 0) is 14.4 Å². The Labute approximate surface area is 147 Å². The van der Waals surface area contributed by atoms with Crippen LogP contribution in [0.3, 0.4) is 0 Å². The number of nitrogens with zero attached hydrogens (tertiary/aromatic N) is 1. The average Bonchev–Trinajstić information content (AvgIpc) is 3.18. The van der Waals surface area contributed by atoms with E-state index in [2.05, 4.69) is 5.32 Å². The Morgan fingerprint density at radius 1 is 1.08 bits per heavy atom. The van der Waals surface area contributed by atoms with Crippen molar-refractivity contribution < 1.29 is 19.5 Å². The first kappa shape index (κ1) is 17.5. The van der Waals surface area contributed by atoms with Gasteiger partial charge in [0.2, 0.25) is 11.8 Å². The number of hydrogen-bond donors (Lipinski definition) is 2. The number of para-hydroxylation sites is 1. The van der Waals surface area contributed by atoms with E-state index in [1.807, 2.05) is 44.2 Å². The third-order valence-corrected chi connectivity index (χ3v) is 5.58. The molecule has 6 heteroatoms. The predicted octanol–water partition coefficient (Wildman–Crippen LogP) is 2.22. The Balaban J connectivity index is 1.53. The van der Waals surface area contributed by atoms with Gasteiger partial charge in [0.05, 0.1) is 11.8 Å². The number of carbonyl (C=O) groups is 3. The average molecular weight is 344 g/mol. The summed E-state index contributed by atoms with van der Waals surface area (Å²) in [6.45, 7) is 4.66. The van der Waals surface area contributed by atoms with Crippen molar-refractivity contribution in [2.75, 3.05) is 18.4 Å². The van der Waals surface area contributed by atoms with Gasteiger partial charge in [0.1, 0.15) is 0 Å². The summed E-state index contributed by atoms with van der Waals surface area (Å²) in [4.78, 5) is 38.0. The second kappa shape index (κ2) is 6.50. The van der Waals surface area contributed by atoms with Gasteiger partial charge in [0.25, 0.3) is 0 Å². The number of benzene rings is 1. The topological polar surface area (TPSA) is 86.7 Å². The Bertz CT molecular complexity index is 678. The number of piperidine rings is 1. The van der Waals surface area contributed by atoms with Crippen molar-refractivity contribution in [2.45, 2.75) is 26.7 Å². The lowest BCUT2D eigenvalue weighted by atomic mass is 9.95. The van der Waals surface area contributed by atoms with E-state index >= 15 is 0 Å². The van der Waals surface area contributed by atoms with Gasteiger partial charge in [-0.1, -0.05) is 32.0 Å². The number of aliphatic carboxylic acids is 1. The highest BCUT2D eigenvalue weighted by molar-refractivity contribution is 5.93. The SMILES string of the molecule is CC1(C)[C@H](C(=O)O)[C@@H]1C(=O)N1CCC(C(=O)Nc2ccccc2)CC1. The molecule has 1 aromatic rings. The van der Waals surface area contributed by atoms with Gasteiger partial charge < -0.3 is 15.3 Å². The number of likely N-dealkylation sites (tertiary alicyclic amines) is 1. The Kier molecular flexibility index (Phi) is 4.54. The van der Waals surface area contributed by atoms with Crippen LogP contribution >= 0.6 is 0 Å². The zero-order valence-electron chi connectivity index (χ0n) is 14.6. The molecule has 1 aliphatic carbocycles. The summed E-state index contributed by atoms with van der Waals surface area (Å²) >= 11 is 0. The molecular formula is C19H24N2O4. The smallest absolute Gasteiger partial charge is 0.307 e. The molecule has 2 fully saturated rings. The zero-order chi connectivity index (χ0) is 18.2. The number of anilines is 1. The van der Waals surface area contributed by atoms with Crippen LogP contribution in [0.4, 0.5) is 5.69 Å². The summed E-state index contributed by atoms with van der Waals surface area (Å²) < 4.78 is 0. The highest BCUT2D eigenvalue weighted by atomic mass is 16.4. The van der Waals surface area contributed by atoms with E-state index in [-0.39, 0.29) is 17.7 Å². The molecule has 3 rings (SSSR count). The van der Waals surface area contributed by atoms with Crippen molar-refractivity contribution in [1.82, 2.24) is 4.90 Å². The number of hydrogen-bond acceptors (Lipinski definition) is 3. The normalized spacial score (nSPS) is 25.3. The predicted molar refractivity (Wildman–Crippen MR) is 92.8 cm³/mol. The first-order valence-corrected chi connectivity index (χ1v) is 8.70. The van der Waals surface area contributed by atoms with E-state index < -0.39 is 23.2 Å². The molecule has 0 unspecified atom stereocenters. The highest BCUT2D eigenvalue weighted by Crippen LogP contribution is 2.59. The molecule has 134 valence electrons. The van der Waals surface area contributed by atoms with Crippen molar-refractivity contribution in [2.24, 2.45) is 23.2 Å². The maximum Gasteiger partial charge on any atom is 0.307 e. The molecule has 0 bridgehead atoms. The molecule has 1 aliphatic heterocycles. The van der Waals surface area contributed by atoms with Gasteiger partial charge in [-0.2, -0.15) is 0 Å². The van der Waals surface area contributed by atoms with Gasteiger partial charge >= 0.3 is 5.97 Å². The molecule has 1 aromatic carbocycles. The van der Waals surface area contributed by atoms with Crippen LogP contribution < -0.4 is 5.32 Å². The Morgan fingerprint density at radius 2 is 1.68 bits per heavy atom. The molecule has 0 radical (unpaired) electrons. The Hall–Kier alpha value is -2.37. The third-order valence-electron chi connectivity index (χ3n) is 5.58. The second-order valence-electron chi connectivity index (χ2n) is 7.57. The molecule has 0 spiro atoms. The summed E-state index contributed by atoms with van der Waals surface area (Å²) in [5, 5.41) is 12.1. The molecule has 1 saturated heterocycles. The van der Waals surface area contributed by atoms with Gasteiger partial charge in [0.15, 0.2) is 0 Å². The Morgan fingerprint density at radius 3 is 2.20 bits per heavy atom. The van der Waals surface area contributed by atoms with Crippen molar-refractivity contribution in [1.29, 1.82) is 0 Å². The lowest BCUT2D eigenvalue weighted by Crippen LogP contribution is -2.42. The molecule has 1 heterocycles. The van der Waals surface area contributed by atoms with E-state index in [4.69, 9.17) is 0 Å². The summed E-state index contributed by atoms with van der Waals surface area (Å²) in [6.07, 6.45) is 1.21. The standard InChI is InChI=1S/C19H24N2O4/c1-19(2)14(15(19)18(24)25)17(23)21-10-8-12(9-11-21)16(22)20-13-6-4-3-5-7-13/h3-7,12,14-15H,8-11H2,1-2H3,(H,20,22)(H,24,25)/t14-,15+/m1/s1. The lowest BCUT2D eigenvalue weighted by molar-refractivity contribution is -0.142. The van der Waals surface area contributed by atoms with Crippen LogP contribution in [0.2, 0.25) is 0 Å². The molecule has 2 N–H and O–H groups in total. The molecule has 6 nitrogen and oxygen atoms in total. The van der Waals surface area contributed by atoms with Crippen LogP contribution in [0.5, 0.6) is 0 Å². The first-order chi connectivity index (χ1) is 11.8. The summed E-state index contributed by atoms with van der Waals surface area (Å²) in [6, 6.07) is 9.32. The van der Waals surface area contributed by atoms with E-state index in [9.17, 15) is 19.5 Å². The molecule has 2 amide bonds. The van der Waals surface area contributed by atoms with E-state index in [1.165, 1.54) is 0 Å². The van der Waals surface area contributed by atoms with Crippen molar-refractivity contribution in [3.63, 3.8) is 0 Å². The summed E-state index contributed by atoms with van der Waals surface area (Å²) in [5.41, 5.74) is 0.291. The van der Waals surface area contributed by atoms with Crippen LogP contribution in [0.25, 0.3) is 0 Å². The van der Waals surface area contributed by atoms with E-state index in [0.717, 1.165) is 5.69 Å². The fourth-order valence-electron chi connectivity index (χ4n) is 3.88. The molecule has 2 aliphatic rings. The van der Waals surface area contributed by atoms with Crippen LogP contribution in [0.1, 0.15) is 26.7 Å². The van der Waals surface area contributed by atoms with Crippen molar-refractivity contribution in [3.05, 3.63) is 30.3 Å². The van der Waals surface area contributed by atoms with Crippen LogP contribution in [0, 0.1) is 23.2 Å². The number of nitrogens with one attached hydrogen (secondary N) is 1. The molecule has 0 aromatic heterocycles. The quantitative estimate of drug-likeness (QED) is 0.877. The monoisotopic (exact) mass is 344 g/mol. The highest BCUT2D eigenvalue weighted by Gasteiger charge is 2.66. The summed E-state index contributed by atoms with van der Waals surface area (Å²) in [7, 11) is 0. The molecular weight excluding hydrogens is 320 g/mol. The number of carboxylic acid groups (broad SMARTS) is 1. The van der Waals surface area contributed by atoms with Crippen molar-refractivity contribution in [3.8, 4) is 0 Å². The number of rotatable bonds is 4. The minimum atomic E-state index is -0.902. The molecule has 2 atom stereocenters. The van der Waals surface area contributed by atoms with E-state index in [1.54, 1.807) is 4.90 Å². The third kappa shape index (κ3) is 3.38. The maximum atomic E-state index is 12.6. The van der Waals surface area contributed by atoms with E-state index in [0.29, 0.717) is 25.9 Å². The second-order valence-corrected chi connectivity index (χ2v) is 7.57. The van der Waals surface area contributed by atoms with Crippen LogP contribution in [-0.4, -0.2) is 40.9 Å². The van der Waals surface area contributed by atoms with Crippen LogP contribution in [0.15, 0.2) is 30.3 Å². The fourth-order valence-corrected chi connectivity index (χ4v) is 3.88. The summed E-state index contributed by atoms with van der Waals surface area (Å²) in [5.74, 6) is -2.17. The van der Waals surface area contributed by atoms with Gasteiger partial charge in [0, 0.05) is 24.7 Å². The first-order valence-electron chi connectivity index (χ1n) is 8.70. The zero-order valence-corrected chi connectivity index (χ0v) is 14.6. The number of carboxylic acids is 1. The van der Waals surface area contributed by atoms with Gasteiger partial charge in [-0.3, -0.25) is 14.4 Å². The minimum Gasteiger partial charge on any atom is -0.481 e. The van der Waals surface area contributed by atoms with Gasteiger partial charge in [-0.05, 0) is 30.4 Å². The molecule has 25 heavy (non-hydrogen) atoms. The maximum absolute atomic E-state index is 12.6. The largest absolute Gasteiger partial charge is 0.481 e. The fraction of sp³-hybridized carbons (Fsp3) is 0.526.